The molecule has 4 heteroatoms. The molecule has 0 heterocycles. The Morgan fingerprint density at radius 3 is 2.33 bits per heavy atom. The average Bonchev–Trinajstić information content (AvgIpc) is 2.06. The molecule has 82 valence electrons. The predicted octanol–water partition coefficient (Wildman–Crippen LogP) is 2.40. The van der Waals surface area contributed by atoms with Crippen molar-refractivity contribution in [3.63, 3.8) is 0 Å². The first-order chi connectivity index (χ1) is 6.73. The van der Waals surface area contributed by atoms with Crippen LogP contribution in [0.5, 0.6) is 0 Å². The summed E-state index contributed by atoms with van der Waals surface area (Å²) < 4.78 is 13.2. The van der Waals surface area contributed by atoms with Crippen LogP contribution < -0.4 is 5.73 Å². The molecule has 0 aliphatic carbocycles. The number of carboxylic acid groups (broad SMARTS) is 1. The van der Waals surface area contributed by atoms with Gasteiger partial charge < -0.3 is 10.8 Å². The van der Waals surface area contributed by atoms with Gasteiger partial charge in [0.15, 0.2) is 0 Å². The number of rotatable bonds is 1. The van der Waals surface area contributed by atoms with E-state index in [0.29, 0.717) is 5.56 Å². The summed E-state index contributed by atoms with van der Waals surface area (Å²) in [5.74, 6) is -1.79. The summed E-state index contributed by atoms with van der Waals surface area (Å²) in [6.45, 7) is 5.55. The number of anilines is 1. The van der Waals surface area contributed by atoms with Crippen LogP contribution >= 0.6 is 0 Å². The second-order valence-corrected chi connectivity index (χ2v) is 4.47. The fourth-order valence-corrected chi connectivity index (χ4v) is 1.42. The van der Waals surface area contributed by atoms with Crippen LogP contribution in [0.2, 0.25) is 0 Å². The van der Waals surface area contributed by atoms with Gasteiger partial charge in [-0.25, -0.2) is 9.18 Å². The van der Waals surface area contributed by atoms with Crippen molar-refractivity contribution in [2.45, 2.75) is 26.2 Å². The molecule has 0 amide bonds. The molecule has 1 aromatic rings. The lowest BCUT2D eigenvalue weighted by Gasteiger charge is -2.22. The van der Waals surface area contributed by atoms with Gasteiger partial charge in [0.1, 0.15) is 5.82 Å². The number of benzene rings is 1. The molecule has 0 unspecified atom stereocenters. The fourth-order valence-electron chi connectivity index (χ4n) is 1.42. The highest BCUT2D eigenvalue weighted by atomic mass is 19.1. The van der Waals surface area contributed by atoms with Crippen molar-refractivity contribution in [1.82, 2.24) is 0 Å². The normalized spacial score (nSPS) is 11.5. The first-order valence-electron chi connectivity index (χ1n) is 4.56. The molecule has 0 atom stereocenters. The Labute approximate surface area is 87.7 Å². The van der Waals surface area contributed by atoms with Crippen molar-refractivity contribution < 1.29 is 14.3 Å². The number of carboxylic acids is 1. The molecule has 3 N–H and O–H groups in total. The van der Waals surface area contributed by atoms with Crippen LogP contribution in [-0.4, -0.2) is 11.1 Å². The van der Waals surface area contributed by atoms with Gasteiger partial charge in [0.2, 0.25) is 0 Å². The van der Waals surface area contributed by atoms with Crippen LogP contribution in [0, 0.1) is 5.82 Å². The van der Waals surface area contributed by atoms with Gasteiger partial charge in [-0.1, -0.05) is 20.8 Å². The van der Waals surface area contributed by atoms with E-state index in [0.717, 1.165) is 6.07 Å². The van der Waals surface area contributed by atoms with Crippen molar-refractivity contribution in [3.8, 4) is 0 Å². The lowest BCUT2D eigenvalue weighted by atomic mass is 9.84. The Morgan fingerprint density at radius 2 is 1.93 bits per heavy atom. The standard InChI is InChI=1S/C11H14FNO2/c1-11(2,3)8-5-6(12)4-7(9(8)13)10(14)15/h4-5H,13H2,1-3H3,(H,14,15). The Morgan fingerprint density at radius 1 is 1.40 bits per heavy atom. The average molecular weight is 211 g/mol. The summed E-state index contributed by atoms with van der Waals surface area (Å²) in [5, 5.41) is 8.83. The Balaban J connectivity index is 3.49. The van der Waals surface area contributed by atoms with Crippen LogP contribution in [0.1, 0.15) is 36.7 Å². The number of halogens is 1. The van der Waals surface area contributed by atoms with E-state index in [4.69, 9.17) is 10.8 Å². The summed E-state index contributed by atoms with van der Waals surface area (Å²) in [6, 6.07) is 2.22. The topological polar surface area (TPSA) is 63.3 Å². The lowest BCUT2D eigenvalue weighted by Crippen LogP contribution is -2.17. The van der Waals surface area contributed by atoms with Gasteiger partial charge in [-0.05, 0) is 23.1 Å². The minimum absolute atomic E-state index is 0.136. The lowest BCUT2D eigenvalue weighted by molar-refractivity contribution is 0.0697. The van der Waals surface area contributed by atoms with Gasteiger partial charge in [0, 0.05) is 0 Å². The highest BCUT2D eigenvalue weighted by Crippen LogP contribution is 2.31. The van der Waals surface area contributed by atoms with Crippen molar-refractivity contribution in [3.05, 3.63) is 29.1 Å². The van der Waals surface area contributed by atoms with Crippen LogP contribution in [-0.2, 0) is 5.41 Å². The smallest absolute Gasteiger partial charge is 0.337 e. The molecule has 3 nitrogen and oxygen atoms in total. The highest BCUT2D eigenvalue weighted by molar-refractivity contribution is 5.94. The first-order valence-corrected chi connectivity index (χ1v) is 4.56. The number of nitrogens with two attached hydrogens (primary N) is 1. The molecule has 0 saturated heterocycles. The molecule has 1 rings (SSSR count). The molecule has 1 aromatic carbocycles. The maximum absolute atomic E-state index is 13.2. The summed E-state index contributed by atoms with van der Waals surface area (Å²) in [7, 11) is 0. The van der Waals surface area contributed by atoms with Gasteiger partial charge >= 0.3 is 5.97 Å². The molecule has 0 saturated carbocycles. The maximum atomic E-state index is 13.2. The van der Waals surface area contributed by atoms with E-state index in [9.17, 15) is 9.18 Å². The molecule has 0 aliphatic rings. The van der Waals surface area contributed by atoms with Gasteiger partial charge in [-0.3, -0.25) is 0 Å². The van der Waals surface area contributed by atoms with E-state index in [1.54, 1.807) is 0 Å². The van der Waals surface area contributed by atoms with Crippen LogP contribution in [0.25, 0.3) is 0 Å². The van der Waals surface area contributed by atoms with E-state index in [1.165, 1.54) is 6.07 Å². The zero-order valence-corrected chi connectivity index (χ0v) is 8.97. The summed E-state index contributed by atoms with van der Waals surface area (Å²) in [5.41, 5.74) is 5.78. The fraction of sp³-hybridized carbons (Fsp3) is 0.364. The van der Waals surface area contributed by atoms with Crippen molar-refractivity contribution in [2.24, 2.45) is 0 Å². The van der Waals surface area contributed by atoms with Gasteiger partial charge in [-0.2, -0.15) is 0 Å². The molecule has 0 bridgehead atoms. The number of nitrogen functional groups attached to an aromatic ring is 1. The highest BCUT2D eigenvalue weighted by Gasteiger charge is 2.22. The van der Waals surface area contributed by atoms with E-state index in [1.807, 2.05) is 20.8 Å². The maximum Gasteiger partial charge on any atom is 0.337 e. The van der Waals surface area contributed by atoms with Crippen LogP contribution in [0.15, 0.2) is 12.1 Å². The predicted molar refractivity (Wildman–Crippen MR) is 56.5 cm³/mol. The monoisotopic (exact) mass is 211 g/mol. The van der Waals surface area contributed by atoms with E-state index in [2.05, 4.69) is 0 Å². The molecule has 0 radical (unpaired) electrons. The quantitative estimate of drug-likeness (QED) is 0.701. The second kappa shape index (κ2) is 3.53. The Bertz CT molecular complexity index is 408. The van der Waals surface area contributed by atoms with Gasteiger partial charge in [0.05, 0.1) is 11.3 Å². The van der Waals surface area contributed by atoms with E-state index in [-0.39, 0.29) is 16.7 Å². The third-order valence-electron chi connectivity index (χ3n) is 2.18. The number of hydrogen-bond acceptors (Lipinski definition) is 2. The van der Waals surface area contributed by atoms with E-state index < -0.39 is 11.8 Å². The largest absolute Gasteiger partial charge is 0.478 e. The van der Waals surface area contributed by atoms with Crippen LogP contribution in [0.4, 0.5) is 10.1 Å². The van der Waals surface area contributed by atoms with Gasteiger partial charge in [-0.15, -0.1) is 0 Å². The molecular formula is C11H14FNO2. The summed E-state index contributed by atoms with van der Waals surface area (Å²) in [6.07, 6.45) is 0. The minimum atomic E-state index is -1.21. The third kappa shape index (κ3) is 2.26. The molecular weight excluding hydrogens is 197 g/mol. The molecule has 0 aromatic heterocycles. The van der Waals surface area contributed by atoms with Crippen molar-refractivity contribution in [1.29, 1.82) is 0 Å². The van der Waals surface area contributed by atoms with Crippen molar-refractivity contribution in [2.75, 3.05) is 5.73 Å². The minimum Gasteiger partial charge on any atom is -0.478 e. The summed E-state index contributed by atoms with van der Waals surface area (Å²) in [4.78, 5) is 10.8. The number of aromatic carboxylic acids is 1. The van der Waals surface area contributed by atoms with Gasteiger partial charge in [0.25, 0.3) is 0 Å². The Kier molecular flexibility index (Phi) is 2.71. The SMILES string of the molecule is CC(C)(C)c1cc(F)cc(C(=O)O)c1N. The molecule has 0 spiro atoms. The van der Waals surface area contributed by atoms with Crippen molar-refractivity contribution >= 4 is 11.7 Å². The van der Waals surface area contributed by atoms with Crippen LogP contribution in [0.3, 0.4) is 0 Å². The number of hydrogen-bond donors (Lipinski definition) is 2. The number of carbonyl (C=O) groups is 1. The second-order valence-electron chi connectivity index (χ2n) is 4.47. The molecule has 0 aliphatic heterocycles. The molecule has 15 heavy (non-hydrogen) atoms. The molecule has 0 fully saturated rings. The first kappa shape index (κ1) is 11.5. The zero-order valence-electron chi connectivity index (χ0n) is 8.97. The summed E-state index contributed by atoms with van der Waals surface area (Å²) >= 11 is 0. The third-order valence-corrected chi connectivity index (χ3v) is 2.18. The Hall–Kier alpha value is -1.58. The van der Waals surface area contributed by atoms with E-state index >= 15 is 0 Å². The zero-order chi connectivity index (χ0) is 11.8.